The van der Waals surface area contributed by atoms with Crippen molar-refractivity contribution in [1.29, 1.82) is 0 Å². The normalized spacial score (nSPS) is 13.9. The van der Waals surface area contributed by atoms with Crippen molar-refractivity contribution in [3.05, 3.63) is 0 Å². The van der Waals surface area contributed by atoms with Gasteiger partial charge in [0.05, 0.1) is 0 Å². The van der Waals surface area contributed by atoms with Crippen molar-refractivity contribution >= 4 is 12.6 Å². The summed E-state index contributed by atoms with van der Waals surface area (Å²) in [6, 6.07) is 0. The maximum atomic E-state index is 4.24. The summed E-state index contributed by atoms with van der Waals surface area (Å²) in [6.07, 6.45) is 2.45. The van der Waals surface area contributed by atoms with E-state index in [9.17, 15) is 0 Å². The van der Waals surface area contributed by atoms with Crippen molar-refractivity contribution in [2.75, 3.05) is 13.6 Å². The van der Waals surface area contributed by atoms with Gasteiger partial charge in [0.15, 0.2) is 0 Å². The van der Waals surface area contributed by atoms with Crippen LogP contribution in [0.4, 0.5) is 0 Å². The molecule has 2 heteroatoms. The van der Waals surface area contributed by atoms with Gasteiger partial charge in [-0.1, -0.05) is 6.92 Å². The lowest BCUT2D eigenvalue weighted by atomic mass is 10.2. The van der Waals surface area contributed by atoms with E-state index in [1.807, 2.05) is 7.05 Å². The van der Waals surface area contributed by atoms with E-state index in [2.05, 4.69) is 24.9 Å². The van der Waals surface area contributed by atoms with Gasteiger partial charge in [-0.05, 0) is 31.7 Å². The molecule has 0 radical (unpaired) electrons. The molecule has 1 nitrogen and oxygen atoms in total. The zero-order valence-electron chi connectivity index (χ0n) is 5.65. The van der Waals surface area contributed by atoms with Crippen molar-refractivity contribution in [3.63, 3.8) is 0 Å². The van der Waals surface area contributed by atoms with Gasteiger partial charge >= 0.3 is 0 Å². The molecule has 1 atom stereocenters. The Balaban J connectivity index is 2.72. The monoisotopic (exact) mass is 133 g/mol. The predicted molar refractivity (Wildman–Crippen MR) is 41.6 cm³/mol. The van der Waals surface area contributed by atoms with Crippen LogP contribution in [0.25, 0.3) is 0 Å². The summed E-state index contributed by atoms with van der Waals surface area (Å²) in [4.78, 5) is 0. The molecule has 0 amide bonds. The average molecular weight is 133 g/mol. The van der Waals surface area contributed by atoms with E-state index in [0.29, 0.717) is 5.25 Å². The maximum Gasteiger partial charge on any atom is -0.00111 e. The van der Waals surface area contributed by atoms with E-state index in [4.69, 9.17) is 0 Å². The highest BCUT2D eigenvalue weighted by Gasteiger charge is 1.91. The number of thiol groups is 1. The zero-order valence-corrected chi connectivity index (χ0v) is 6.54. The summed E-state index contributed by atoms with van der Waals surface area (Å²) in [7, 11) is 1.98. The fraction of sp³-hybridized carbons (Fsp3) is 1.00. The second-order valence-electron chi connectivity index (χ2n) is 2.09. The minimum Gasteiger partial charge on any atom is -0.320 e. The van der Waals surface area contributed by atoms with Gasteiger partial charge in [0.1, 0.15) is 0 Å². The van der Waals surface area contributed by atoms with Crippen molar-refractivity contribution in [1.82, 2.24) is 5.32 Å². The molecule has 0 saturated heterocycles. The molecule has 1 N–H and O–H groups in total. The fourth-order valence-electron chi connectivity index (χ4n) is 0.574. The summed E-state index contributed by atoms with van der Waals surface area (Å²) in [5.41, 5.74) is 0. The Kier molecular flexibility index (Phi) is 5.66. The van der Waals surface area contributed by atoms with E-state index in [1.165, 1.54) is 12.8 Å². The van der Waals surface area contributed by atoms with E-state index < -0.39 is 0 Å². The Morgan fingerprint density at radius 1 is 1.62 bits per heavy atom. The third-order valence-corrected chi connectivity index (χ3v) is 1.31. The Labute approximate surface area is 57.3 Å². The molecule has 0 saturated carbocycles. The van der Waals surface area contributed by atoms with E-state index in [-0.39, 0.29) is 0 Å². The van der Waals surface area contributed by atoms with E-state index in [1.54, 1.807) is 0 Å². The first-order valence-corrected chi connectivity index (χ1v) is 3.61. The number of hydrogen-bond donors (Lipinski definition) is 2. The first-order chi connectivity index (χ1) is 3.77. The zero-order chi connectivity index (χ0) is 6.41. The lowest BCUT2D eigenvalue weighted by Crippen LogP contribution is -2.08. The highest BCUT2D eigenvalue weighted by atomic mass is 32.1. The van der Waals surface area contributed by atoms with Crippen LogP contribution in [0.2, 0.25) is 0 Å². The molecule has 0 fully saturated rings. The Morgan fingerprint density at radius 2 is 2.25 bits per heavy atom. The van der Waals surface area contributed by atoms with Crippen LogP contribution >= 0.6 is 12.6 Å². The van der Waals surface area contributed by atoms with Crippen molar-refractivity contribution in [3.8, 4) is 0 Å². The largest absolute Gasteiger partial charge is 0.320 e. The van der Waals surface area contributed by atoms with Crippen LogP contribution in [-0.4, -0.2) is 18.8 Å². The van der Waals surface area contributed by atoms with Crippen molar-refractivity contribution < 1.29 is 0 Å². The van der Waals surface area contributed by atoms with Gasteiger partial charge in [0, 0.05) is 0 Å². The summed E-state index contributed by atoms with van der Waals surface area (Å²) in [5, 5.41) is 3.65. The molecule has 8 heavy (non-hydrogen) atoms. The molecule has 0 aliphatic heterocycles. The van der Waals surface area contributed by atoms with Crippen LogP contribution in [0.5, 0.6) is 0 Å². The van der Waals surface area contributed by atoms with Crippen LogP contribution in [0.3, 0.4) is 0 Å². The van der Waals surface area contributed by atoms with Gasteiger partial charge in [-0.15, -0.1) is 0 Å². The van der Waals surface area contributed by atoms with E-state index in [0.717, 1.165) is 6.54 Å². The van der Waals surface area contributed by atoms with Crippen molar-refractivity contribution in [2.45, 2.75) is 25.0 Å². The van der Waals surface area contributed by atoms with Gasteiger partial charge in [-0.25, -0.2) is 0 Å². The van der Waals surface area contributed by atoms with E-state index >= 15 is 0 Å². The van der Waals surface area contributed by atoms with Gasteiger partial charge in [0.25, 0.3) is 0 Å². The molecule has 0 bridgehead atoms. The van der Waals surface area contributed by atoms with Crippen LogP contribution < -0.4 is 5.32 Å². The molecule has 0 aromatic heterocycles. The summed E-state index contributed by atoms with van der Waals surface area (Å²) in [5.74, 6) is 0. The quantitative estimate of drug-likeness (QED) is 0.435. The second-order valence-corrected chi connectivity index (χ2v) is 2.98. The van der Waals surface area contributed by atoms with Crippen LogP contribution in [0, 0.1) is 0 Å². The smallest absolute Gasteiger partial charge is 0.00111 e. The Hall–Kier alpha value is 0.310. The Morgan fingerprint density at radius 3 is 2.62 bits per heavy atom. The summed E-state index contributed by atoms with van der Waals surface area (Å²) < 4.78 is 0. The third-order valence-electron chi connectivity index (χ3n) is 1.05. The minimum atomic E-state index is 0.559. The van der Waals surface area contributed by atoms with Gasteiger partial charge in [0.2, 0.25) is 0 Å². The van der Waals surface area contributed by atoms with Gasteiger partial charge in [-0.2, -0.15) is 12.6 Å². The maximum absolute atomic E-state index is 4.24. The van der Waals surface area contributed by atoms with Crippen molar-refractivity contribution in [2.24, 2.45) is 0 Å². The Bertz CT molecular complexity index is 45.8. The number of nitrogens with one attached hydrogen (secondary N) is 1. The molecule has 0 aliphatic rings. The molecule has 0 aromatic rings. The van der Waals surface area contributed by atoms with Gasteiger partial charge in [-0.3, -0.25) is 0 Å². The summed E-state index contributed by atoms with van der Waals surface area (Å²) in [6.45, 7) is 3.24. The molecular formula is C6H15NS. The summed E-state index contributed by atoms with van der Waals surface area (Å²) >= 11 is 4.24. The lowest BCUT2D eigenvalue weighted by Gasteiger charge is -2.00. The van der Waals surface area contributed by atoms with Crippen LogP contribution in [0.1, 0.15) is 19.8 Å². The molecule has 0 aliphatic carbocycles. The highest BCUT2D eigenvalue weighted by Crippen LogP contribution is 2.00. The molecule has 50 valence electrons. The minimum absolute atomic E-state index is 0.559. The fourth-order valence-corrected chi connectivity index (χ4v) is 0.757. The standard InChI is InChI=1S/C6H15NS/c1-6(8)4-3-5-7-2/h6-8H,3-5H2,1-2H3. The molecule has 0 aromatic carbocycles. The van der Waals surface area contributed by atoms with Crippen LogP contribution in [0.15, 0.2) is 0 Å². The molecule has 0 heterocycles. The SMILES string of the molecule is CNCCCC(C)S. The highest BCUT2D eigenvalue weighted by molar-refractivity contribution is 7.80. The number of hydrogen-bond acceptors (Lipinski definition) is 2. The molecule has 0 rings (SSSR count). The first-order valence-electron chi connectivity index (χ1n) is 3.10. The predicted octanol–water partition coefficient (Wildman–Crippen LogP) is 1.30. The molecule has 0 spiro atoms. The average Bonchev–Trinajstić information content (AvgIpc) is 1.66. The lowest BCUT2D eigenvalue weighted by molar-refractivity contribution is 0.676. The number of rotatable bonds is 4. The molecule has 1 unspecified atom stereocenters. The second kappa shape index (κ2) is 5.45. The topological polar surface area (TPSA) is 12.0 Å². The first kappa shape index (κ1) is 8.31. The molecular weight excluding hydrogens is 118 g/mol. The van der Waals surface area contributed by atoms with Crippen LogP contribution in [-0.2, 0) is 0 Å². The third kappa shape index (κ3) is 6.31. The van der Waals surface area contributed by atoms with Gasteiger partial charge < -0.3 is 5.32 Å².